The van der Waals surface area contributed by atoms with Gasteiger partial charge in [0.15, 0.2) is 0 Å². The number of carbonyl (C=O) groups excluding carboxylic acids is 2. The van der Waals surface area contributed by atoms with Crippen molar-refractivity contribution in [3.8, 4) is 0 Å². The topological polar surface area (TPSA) is 58.2 Å². The van der Waals surface area contributed by atoms with Crippen LogP contribution in [0.5, 0.6) is 0 Å². The summed E-state index contributed by atoms with van der Waals surface area (Å²) in [5.74, 6) is -0.348. The Kier molecular flexibility index (Phi) is 5.71. The highest BCUT2D eigenvalue weighted by Gasteiger charge is 2.26. The van der Waals surface area contributed by atoms with E-state index in [-0.39, 0.29) is 17.7 Å². The summed E-state index contributed by atoms with van der Waals surface area (Å²) in [6.07, 6.45) is 4.16. The molecule has 0 heterocycles. The number of aryl methyl sites for hydroxylation is 2. The zero-order valence-electron chi connectivity index (χ0n) is 15.4. The number of carbonyl (C=O) groups is 2. The van der Waals surface area contributed by atoms with E-state index in [0.717, 1.165) is 24.9 Å². The van der Waals surface area contributed by atoms with Crippen molar-refractivity contribution in [2.75, 3.05) is 5.32 Å². The Morgan fingerprint density at radius 2 is 1.77 bits per heavy atom. The summed E-state index contributed by atoms with van der Waals surface area (Å²) in [7, 11) is 0. The number of benzene rings is 2. The van der Waals surface area contributed by atoms with Gasteiger partial charge in [0.25, 0.3) is 5.91 Å². The molecular weight excluding hydrogens is 324 g/mol. The van der Waals surface area contributed by atoms with Gasteiger partial charge in [-0.15, -0.1) is 0 Å². The average molecular weight is 350 g/mol. The third-order valence-corrected chi connectivity index (χ3v) is 5.18. The number of amides is 2. The number of fused-ring (bicyclic) bond motifs is 1. The van der Waals surface area contributed by atoms with Gasteiger partial charge in [0.05, 0.1) is 0 Å². The molecule has 0 bridgehead atoms. The molecule has 2 N–H and O–H groups in total. The predicted octanol–water partition coefficient (Wildman–Crippen LogP) is 3.96. The molecule has 0 radical (unpaired) electrons. The Balaban J connectivity index is 1.72. The second-order valence-electron chi connectivity index (χ2n) is 7.03. The molecule has 1 aliphatic rings. The van der Waals surface area contributed by atoms with Crippen LogP contribution >= 0.6 is 0 Å². The summed E-state index contributed by atoms with van der Waals surface area (Å²) in [6, 6.07) is 14.5. The lowest BCUT2D eigenvalue weighted by molar-refractivity contribution is -0.119. The van der Waals surface area contributed by atoms with Crippen molar-refractivity contribution >= 4 is 17.5 Å². The van der Waals surface area contributed by atoms with Crippen LogP contribution in [0.25, 0.3) is 0 Å². The average Bonchev–Trinajstić information content (AvgIpc) is 3.13. The Morgan fingerprint density at radius 1 is 1.04 bits per heavy atom. The van der Waals surface area contributed by atoms with Gasteiger partial charge in [0.1, 0.15) is 6.04 Å². The van der Waals surface area contributed by atoms with Crippen LogP contribution < -0.4 is 10.6 Å². The fraction of sp³-hybridized carbons (Fsp3) is 0.364. The molecule has 0 saturated carbocycles. The van der Waals surface area contributed by atoms with E-state index in [9.17, 15) is 9.59 Å². The predicted molar refractivity (Wildman–Crippen MR) is 104 cm³/mol. The summed E-state index contributed by atoms with van der Waals surface area (Å²) in [5, 5.41) is 5.90. The van der Waals surface area contributed by atoms with Crippen LogP contribution in [-0.4, -0.2) is 17.9 Å². The molecule has 0 saturated heterocycles. The molecule has 4 nitrogen and oxygen atoms in total. The Hall–Kier alpha value is -2.62. The fourth-order valence-corrected chi connectivity index (χ4v) is 3.39. The summed E-state index contributed by atoms with van der Waals surface area (Å²) in [5.41, 5.74) is 4.05. The number of rotatable bonds is 6. The third kappa shape index (κ3) is 4.13. The quantitative estimate of drug-likeness (QED) is 0.828. The maximum atomic E-state index is 12.9. The van der Waals surface area contributed by atoms with E-state index in [0.29, 0.717) is 5.56 Å². The zero-order chi connectivity index (χ0) is 18.5. The fourth-order valence-electron chi connectivity index (χ4n) is 3.39. The van der Waals surface area contributed by atoms with Crippen LogP contribution in [0, 0.1) is 5.92 Å². The number of hydrogen-bond acceptors (Lipinski definition) is 2. The number of hydrogen-bond donors (Lipinski definition) is 2. The first-order valence-corrected chi connectivity index (χ1v) is 9.37. The molecule has 2 aromatic carbocycles. The van der Waals surface area contributed by atoms with Crippen LogP contribution in [0.15, 0.2) is 48.5 Å². The van der Waals surface area contributed by atoms with E-state index in [2.05, 4.69) is 22.8 Å². The first-order chi connectivity index (χ1) is 12.6. The summed E-state index contributed by atoms with van der Waals surface area (Å²) >= 11 is 0. The van der Waals surface area contributed by atoms with E-state index < -0.39 is 6.04 Å². The van der Waals surface area contributed by atoms with Crippen LogP contribution in [0.2, 0.25) is 0 Å². The highest BCUT2D eigenvalue weighted by Crippen LogP contribution is 2.25. The lowest BCUT2D eigenvalue weighted by Gasteiger charge is -2.23. The minimum absolute atomic E-state index is 0.0390. The SMILES string of the molecule is CCC(C)C(NC(=O)c1ccccc1)C(=O)Nc1ccc2c(c1)CCC2. The van der Waals surface area contributed by atoms with Gasteiger partial charge in [-0.25, -0.2) is 0 Å². The van der Waals surface area contributed by atoms with Crippen LogP contribution in [-0.2, 0) is 17.6 Å². The molecule has 2 atom stereocenters. The standard InChI is InChI=1S/C22H26N2O2/c1-3-15(2)20(24-21(25)17-8-5-4-6-9-17)22(26)23-19-13-12-16-10-7-11-18(16)14-19/h4-6,8-9,12-15,20H,3,7,10-11H2,1-2H3,(H,23,26)(H,24,25). The smallest absolute Gasteiger partial charge is 0.251 e. The van der Waals surface area contributed by atoms with Crippen molar-refractivity contribution in [3.63, 3.8) is 0 Å². The highest BCUT2D eigenvalue weighted by atomic mass is 16.2. The van der Waals surface area contributed by atoms with Crippen molar-refractivity contribution in [2.24, 2.45) is 5.92 Å². The van der Waals surface area contributed by atoms with E-state index in [1.54, 1.807) is 12.1 Å². The van der Waals surface area contributed by atoms with Crippen molar-refractivity contribution in [1.29, 1.82) is 0 Å². The molecule has 2 amide bonds. The van der Waals surface area contributed by atoms with Crippen LogP contribution in [0.1, 0.15) is 48.2 Å². The summed E-state index contributed by atoms with van der Waals surface area (Å²) < 4.78 is 0. The molecule has 26 heavy (non-hydrogen) atoms. The zero-order valence-corrected chi connectivity index (χ0v) is 15.4. The van der Waals surface area contributed by atoms with Crippen molar-refractivity contribution in [1.82, 2.24) is 5.32 Å². The Bertz CT molecular complexity index is 786. The maximum Gasteiger partial charge on any atom is 0.251 e. The Labute approximate surface area is 155 Å². The molecule has 0 aliphatic heterocycles. The molecule has 3 rings (SSSR count). The van der Waals surface area contributed by atoms with E-state index in [4.69, 9.17) is 0 Å². The minimum atomic E-state index is -0.569. The normalized spacial score (nSPS) is 15.0. The van der Waals surface area contributed by atoms with Gasteiger partial charge >= 0.3 is 0 Å². The lowest BCUT2D eigenvalue weighted by atomic mass is 9.97. The van der Waals surface area contributed by atoms with Gasteiger partial charge in [-0.3, -0.25) is 9.59 Å². The number of nitrogens with one attached hydrogen (secondary N) is 2. The van der Waals surface area contributed by atoms with Crippen LogP contribution in [0.3, 0.4) is 0 Å². The lowest BCUT2D eigenvalue weighted by Crippen LogP contribution is -2.47. The van der Waals surface area contributed by atoms with E-state index in [1.165, 1.54) is 17.5 Å². The number of anilines is 1. The third-order valence-electron chi connectivity index (χ3n) is 5.18. The molecule has 0 spiro atoms. The van der Waals surface area contributed by atoms with Gasteiger partial charge in [0, 0.05) is 11.3 Å². The molecule has 2 aromatic rings. The van der Waals surface area contributed by atoms with Gasteiger partial charge < -0.3 is 10.6 Å². The highest BCUT2D eigenvalue weighted by molar-refractivity contribution is 6.01. The second kappa shape index (κ2) is 8.17. The van der Waals surface area contributed by atoms with Gasteiger partial charge in [0.2, 0.25) is 5.91 Å². The Morgan fingerprint density at radius 3 is 2.50 bits per heavy atom. The molecule has 4 heteroatoms. The van der Waals surface area contributed by atoms with Gasteiger partial charge in [-0.05, 0) is 60.6 Å². The molecule has 1 aliphatic carbocycles. The molecule has 0 fully saturated rings. The van der Waals surface area contributed by atoms with Crippen molar-refractivity contribution in [3.05, 3.63) is 65.2 Å². The molecule has 136 valence electrons. The van der Waals surface area contributed by atoms with Crippen molar-refractivity contribution < 1.29 is 9.59 Å². The molecular formula is C22H26N2O2. The van der Waals surface area contributed by atoms with Gasteiger partial charge in [-0.1, -0.05) is 44.5 Å². The molecule has 0 aromatic heterocycles. The summed E-state index contributed by atoms with van der Waals surface area (Å²) in [4.78, 5) is 25.3. The minimum Gasteiger partial charge on any atom is -0.340 e. The van der Waals surface area contributed by atoms with E-state index >= 15 is 0 Å². The second-order valence-corrected chi connectivity index (χ2v) is 7.03. The van der Waals surface area contributed by atoms with Crippen molar-refractivity contribution in [2.45, 2.75) is 45.6 Å². The molecule has 2 unspecified atom stereocenters. The monoisotopic (exact) mass is 350 g/mol. The first-order valence-electron chi connectivity index (χ1n) is 9.37. The summed E-state index contributed by atoms with van der Waals surface area (Å²) in [6.45, 7) is 4.01. The maximum absolute atomic E-state index is 12.9. The van der Waals surface area contributed by atoms with Crippen LogP contribution in [0.4, 0.5) is 5.69 Å². The largest absolute Gasteiger partial charge is 0.340 e. The van der Waals surface area contributed by atoms with E-state index in [1.807, 2.05) is 38.1 Å². The van der Waals surface area contributed by atoms with Gasteiger partial charge in [-0.2, -0.15) is 0 Å². The first kappa shape index (κ1) is 18.2.